The normalized spacial score (nSPS) is 11.2. The second-order valence-electron chi connectivity index (χ2n) is 6.11. The van der Waals surface area contributed by atoms with E-state index < -0.39 is 5.97 Å². The van der Waals surface area contributed by atoms with Gasteiger partial charge in [0.25, 0.3) is 0 Å². The summed E-state index contributed by atoms with van der Waals surface area (Å²) in [6, 6.07) is 7.36. The third kappa shape index (κ3) is 2.62. The minimum atomic E-state index is -0.426. The molecule has 0 saturated carbocycles. The first kappa shape index (κ1) is 16.1. The third-order valence-corrected chi connectivity index (χ3v) is 3.97. The van der Waals surface area contributed by atoms with E-state index in [2.05, 4.69) is 5.32 Å². The Hall–Kier alpha value is -2.82. The standard InChI is InChI=1S/C19H19NO4/c1-10(2)20-16-7-14-13-6-12(9-21)11(3)5-17(13)24-18(14)8-15(16)19(22)23-4/h5-10,20H,1-4H3. The molecule has 0 amide bonds. The molecule has 1 aromatic heterocycles. The molecule has 3 aromatic rings. The fraction of sp³-hybridized carbons (Fsp3) is 0.263. The molecule has 0 fully saturated rings. The molecule has 0 bridgehead atoms. The Bertz CT molecular complexity index is 953. The lowest BCUT2D eigenvalue weighted by Crippen LogP contribution is -2.14. The number of carbonyl (C=O) groups is 2. The summed E-state index contributed by atoms with van der Waals surface area (Å²) >= 11 is 0. The zero-order valence-electron chi connectivity index (χ0n) is 14.1. The minimum absolute atomic E-state index is 0.150. The Labute approximate surface area is 139 Å². The van der Waals surface area contributed by atoms with Gasteiger partial charge in [-0.05, 0) is 50.6 Å². The van der Waals surface area contributed by atoms with Gasteiger partial charge < -0.3 is 14.5 Å². The maximum atomic E-state index is 12.1. The quantitative estimate of drug-likeness (QED) is 0.571. The van der Waals surface area contributed by atoms with Crippen molar-refractivity contribution in [3.63, 3.8) is 0 Å². The zero-order valence-corrected chi connectivity index (χ0v) is 14.1. The molecule has 1 heterocycles. The Morgan fingerprint density at radius 3 is 2.46 bits per heavy atom. The number of esters is 1. The highest BCUT2D eigenvalue weighted by Crippen LogP contribution is 2.34. The van der Waals surface area contributed by atoms with Crippen molar-refractivity contribution < 1.29 is 18.7 Å². The van der Waals surface area contributed by atoms with Crippen LogP contribution in [0.2, 0.25) is 0 Å². The SMILES string of the molecule is COC(=O)c1cc2oc3cc(C)c(C=O)cc3c2cc1NC(C)C. The van der Waals surface area contributed by atoms with Crippen LogP contribution in [0.4, 0.5) is 5.69 Å². The zero-order chi connectivity index (χ0) is 17.4. The summed E-state index contributed by atoms with van der Waals surface area (Å²) in [4.78, 5) is 23.3. The smallest absolute Gasteiger partial charge is 0.340 e. The third-order valence-electron chi connectivity index (χ3n) is 3.97. The summed E-state index contributed by atoms with van der Waals surface area (Å²) in [5.74, 6) is -0.426. The van der Waals surface area contributed by atoms with E-state index in [9.17, 15) is 9.59 Å². The number of rotatable bonds is 4. The predicted octanol–water partition coefficient (Wildman–Crippen LogP) is 4.31. The molecule has 3 rings (SSSR count). The van der Waals surface area contributed by atoms with Crippen LogP contribution >= 0.6 is 0 Å². The number of ether oxygens (including phenoxy) is 1. The van der Waals surface area contributed by atoms with Crippen LogP contribution in [0.1, 0.15) is 40.1 Å². The van der Waals surface area contributed by atoms with Crippen LogP contribution in [0.25, 0.3) is 21.9 Å². The number of methoxy groups -OCH3 is 1. The number of hydrogen-bond acceptors (Lipinski definition) is 5. The second-order valence-corrected chi connectivity index (χ2v) is 6.11. The van der Waals surface area contributed by atoms with Crippen molar-refractivity contribution in [2.75, 3.05) is 12.4 Å². The lowest BCUT2D eigenvalue weighted by Gasteiger charge is -2.13. The number of hydrogen-bond donors (Lipinski definition) is 1. The van der Waals surface area contributed by atoms with Gasteiger partial charge in [-0.2, -0.15) is 0 Å². The molecule has 5 heteroatoms. The molecule has 0 aliphatic heterocycles. The number of carbonyl (C=O) groups excluding carboxylic acids is 2. The van der Waals surface area contributed by atoms with Crippen LogP contribution < -0.4 is 5.32 Å². The number of anilines is 1. The molecule has 0 aliphatic rings. The molecule has 0 atom stereocenters. The van der Waals surface area contributed by atoms with E-state index in [1.54, 1.807) is 6.07 Å². The van der Waals surface area contributed by atoms with Gasteiger partial charge in [-0.15, -0.1) is 0 Å². The first-order valence-corrected chi connectivity index (χ1v) is 7.75. The van der Waals surface area contributed by atoms with Crippen molar-refractivity contribution in [3.05, 3.63) is 41.0 Å². The van der Waals surface area contributed by atoms with Gasteiger partial charge in [0.1, 0.15) is 17.5 Å². The van der Waals surface area contributed by atoms with Gasteiger partial charge in [-0.3, -0.25) is 4.79 Å². The van der Waals surface area contributed by atoms with Crippen LogP contribution in [0.3, 0.4) is 0 Å². The van der Waals surface area contributed by atoms with E-state index in [0.717, 1.165) is 22.6 Å². The van der Waals surface area contributed by atoms with E-state index >= 15 is 0 Å². The van der Waals surface area contributed by atoms with E-state index in [-0.39, 0.29) is 6.04 Å². The Balaban J connectivity index is 2.33. The molecule has 0 saturated heterocycles. The van der Waals surface area contributed by atoms with Gasteiger partial charge in [0.2, 0.25) is 0 Å². The first-order valence-electron chi connectivity index (χ1n) is 7.75. The molecule has 0 unspecified atom stereocenters. The van der Waals surface area contributed by atoms with Gasteiger partial charge in [0.05, 0.1) is 12.7 Å². The average Bonchev–Trinajstić information content (AvgIpc) is 2.88. The number of aldehydes is 1. The average molecular weight is 325 g/mol. The fourth-order valence-corrected chi connectivity index (χ4v) is 2.82. The van der Waals surface area contributed by atoms with Crippen molar-refractivity contribution in [2.24, 2.45) is 0 Å². The highest BCUT2D eigenvalue weighted by molar-refractivity contribution is 6.11. The maximum Gasteiger partial charge on any atom is 0.340 e. The largest absolute Gasteiger partial charge is 0.465 e. The lowest BCUT2D eigenvalue weighted by atomic mass is 10.0. The first-order chi connectivity index (χ1) is 11.4. The van der Waals surface area contributed by atoms with Crippen LogP contribution in [-0.2, 0) is 4.74 Å². The Morgan fingerprint density at radius 1 is 1.17 bits per heavy atom. The highest BCUT2D eigenvalue weighted by Gasteiger charge is 2.18. The molecule has 0 radical (unpaired) electrons. The Kier molecular flexibility index (Phi) is 4.01. The minimum Gasteiger partial charge on any atom is -0.465 e. The second kappa shape index (κ2) is 6.00. The van der Waals surface area contributed by atoms with Crippen LogP contribution in [0, 0.1) is 6.92 Å². The number of aryl methyl sites for hydroxylation is 1. The molecule has 24 heavy (non-hydrogen) atoms. The number of fused-ring (bicyclic) bond motifs is 3. The summed E-state index contributed by atoms with van der Waals surface area (Å²) in [5.41, 5.74) is 3.85. The van der Waals surface area contributed by atoms with Crippen molar-refractivity contribution in [2.45, 2.75) is 26.8 Å². The maximum absolute atomic E-state index is 12.1. The molecule has 0 spiro atoms. The van der Waals surface area contributed by atoms with Gasteiger partial charge in [0.15, 0.2) is 0 Å². The van der Waals surface area contributed by atoms with E-state index in [1.165, 1.54) is 7.11 Å². The highest BCUT2D eigenvalue weighted by atomic mass is 16.5. The molecule has 5 nitrogen and oxygen atoms in total. The van der Waals surface area contributed by atoms with Gasteiger partial charge >= 0.3 is 5.97 Å². The molecule has 2 aromatic carbocycles. The molecular weight excluding hydrogens is 306 g/mol. The molecule has 1 N–H and O–H groups in total. The van der Waals surface area contributed by atoms with Crippen LogP contribution in [0.15, 0.2) is 28.7 Å². The van der Waals surface area contributed by atoms with E-state index in [0.29, 0.717) is 28.0 Å². The van der Waals surface area contributed by atoms with Crippen molar-refractivity contribution in [3.8, 4) is 0 Å². The van der Waals surface area contributed by atoms with E-state index in [1.807, 2.05) is 39.0 Å². The molecule has 0 aliphatic carbocycles. The number of furan rings is 1. The fourth-order valence-electron chi connectivity index (χ4n) is 2.82. The summed E-state index contributed by atoms with van der Waals surface area (Å²) in [7, 11) is 1.35. The molecule has 124 valence electrons. The lowest BCUT2D eigenvalue weighted by molar-refractivity contribution is 0.0601. The van der Waals surface area contributed by atoms with Gasteiger partial charge in [-0.1, -0.05) is 0 Å². The van der Waals surface area contributed by atoms with Gasteiger partial charge in [0, 0.05) is 28.1 Å². The van der Waals surface area contributed by atoms with Gasteiger partial charge in [-0.25, -0.2) is 4.79 Å². The summed E-state index contributed by atoms with van der Waals surface area (Å²) in [6.07, 6.45) is 0.837. The van der Waals surface area contributed by atoms with Crippen molar-refractivity contribution in [1.82, 2.24) is 0 Å². The summed E-state index contributed by atoms with van der Waals surface area (Å²) in [6.45, 7) is 5.85. The monoisotopic (exact) mass is 325 g/mol. The van der Waals surface area contributed by atoms with Crippen LogP contribution in [0.5, 0.6) is 0 Å². The van der Waals surface area contributed by atoms with Crippen molar-refractivity contribution in [1.29, 1.82) is 0 Å². The number of nitrogens with one attached hydrogen (secondary N) is 1. The van der Waals surface area contributed by atoms with Crippen molar-refractivity contribution >= 4 is 39.9 Å². The number of benzene rings is 2. The predicted molar refractivity (Wildman–Crippen MR) is 93.9 cm³/mol. The summed E-state index contributed by atoms with van der Waals surface area (Å²) < 4.78 is 10.7. The van der Waals surface area contributed by atoms with Crippen LogP contribution in [-0.4, -0.2) is 25.4 Å². The van der Waals surface area contributed by atoms with E-state index in [4.69, 9.17) is 9.15 Å². The Morgan fingerprint density at radius 2 is 1.83 bits per heavy atom. The topological polar surface area (TPSA) is 68.5 Å². The molecular formula is C19H19NO4. The summed E-state index contributed by atoms with van der Waals surface area (Å²) in [5, 5.41) is 4.96.